The molecule has 0 saturated carbocycles. The summed E-state index contributed by atoms with van der Waals surface area (Å²) in [7, 11) is 0. The molecule has 0 unspecified atom stereocenters. The first kappa shape index (κ1) is 26.9. The highest BCUT2D eigenvalue weighted by Gasteiger charge is 2.34. The highest BCUT2D eigenvalue weighted by atomic mass is 32.1. The molecule has 0 N–H and O–H groups in total. The number of carbonyl (C=O) groups excluding carboxylic acids is 2. The van der Waals surface area contributed by atoms with Gasteiger partial charge in [0.25, 0.3) is 0 Å². The fraction of sp³-hybridized carbons (Fsp3) is 0.143. The second kappa shape index (κ2) is 11.1. The van der Waals surface area contributed by atoms with Gasteiger partial charge in [-0.25, -0.2) is 14.0 Å². The van der Waals surface area contributed by atoms with E-state index in [1.807, 2.05) is 0 Å². The Balaban J connectivity index is 1.73. The summed E-state index contributed by atoms with van der Waals surface area (Å²) >= 11 is 0.769. The van der Waals surface area contributed by atoms with Gasteiger partial charge < -0.3 is 14.2 Å². The van der Waals surface area contributed by atoms with Gasteiger partial charge in [0.15, 0.2) is 17.3 Å². The average molecular weight is 545 g/mol. The van der Waals surface area contributed by atoms with Crippen LogP contribution in [0.15, 0.2) is 73.8 Å². The Morgan fingerprint density at radius 1 is 0.895 bits per heavy atom. The molecule has 0 aliphatic rings. The number of aryl methyl sites for hydroxylation is 1. The van der Waals surface area contributed by atoms with Crippen LogP contribution in [0, 0.1) is 5.82 Å². The number of benzene rings is 3. The zero-order valence-electron chi connectivity index (χ0n) is 19.8. The van der Waals surface area contributed by atoms with Crippen LogP contribution in [-0.2, 0) is 20.7 Å². The number of thiophene rings is 1. The van der Waals surface area contributed by atoms with Crippen molar-refractivity contribution in [2.45, 2.75) is 19.2 Å². The number of hydrogen-bond donors (Lipinski definition) is 0. The molecule has 196 valence electrons. The van der Waals surface area contributed by atoms with Crippen LogP contribution in [0.25, 0.3) is 31.3 Å². The van der Waals surface area contributed by atoms with Gasteiger partial charge in [0.2, 0.25) is 0 Å². The van der Waals surface area contributed by atoms with E-state index >= 15 is 4.39 Å². The monoisotopic (exact) mass is 544 g/mol. The molecule has 5 nitrogen and oxygen atoms in total. The standard InChI is InChI=1S/C28H20F4O5S/c1-3-22(33)35-15-5-6-16-7-9-17(10-8-16)18-11-12-20-19-13-14-21(36-23(34)4-2)24(29)26(19)38-27(20)25(18)37-28(30,31)32/h3-4,7-14H,1-2,5-6,15H2. The normalized spacial score (nSPS) is 11.4. The van der Waals surface area contributed by atoms with Crippen LogP contribution in [0.1, 0.15) is 12.0 Å². The first-order chi connectivity index (χ1) is 18.1. The van der Waals surface area contributed by atoms with Crippen LogP contribution in [0.5, 0.6) is 11.5 Å². The van der Waals surface area contributed by atoms with Gasteiger partial charge in [0.05, 0.1) is 16.0 Å². The maximum Gasteiger partial charge on any atom is 0.573 e. The highest BCUT2D eigenvalue weighted by molar-refractivity contribution is 7.26. The Kier molecular flexibility index (Phi) is 7.82. The number of hydrogen-bond acceptors (Lipinski definition) is 6. The third-order valence-electron chi connectivity index (χ3n) is 5.55. The maximum atomic E-state index is 15.1. The van der Waals surface area contributed by atoms with E-state index in [9.17, 15) is 22.8 Å². The van der Waals surface area contributed by atoms with E-state index in [0.717, 1.165) is 29.1 Å². The summed E-state index contributed by atoms with van der Waals surface area (Å²) in [4.78, 5) is 22.6. The van der Waals surface area contributed by atoms with Crippen molar-refractivity contribution in [2.75, 3.05) is 6.61 Å². The SMILES string of the molecule is C=CC(=O)OCCCc1ccc(-c2ccc3c(sc4c(F)c(OC(=O)C=C)ccc43)c2OC(F)(F)F)cc1. The molecule has 0 atom stereocenters. The number of esters is 2. The minimum absolute atomic E-state index is 0.0195. The Bertz CT molecular complexity index is 1540. The lowest BCUT2D eigenvalue weighted by Gasteiger charge is -2.15. The predicted molar refractivity (Wildman–Crippen MR) is 137 cm³/mol. The van der Waals surface area contributed by atoms with Crippen molar-refractivity contribution in [3.63, 3.8) is 0 Å². The molecule has 0 radical (unpaired) electrons. The zero-order chi connectivity index (χ0) is 27.4. The van der Waals surface area contributed by atoms with Gasteiger partial charge in [-0.15, -0.1) is 24.5 Å². The summed E-state index contributed by atoms with van der Waals surface area (Å²) < 4.78 is 69.9. The van der Waals surface area contributed by atoms with E-state index in [0.29, 0.717) is 29.2 Å². The van der Waals surface area contributed by atoms with E-state index in [4.69, 9.17) is 9.47 Å². The summed E-state index contributed by atoms with van der Waals surface area (Å²) in [6, 6.07) is 12.6. The van der Waals surface area contributed by atoms with Crippen molar-refractivity contribution in [1.29, 1.82) is 0 Å². The molecule has 0 aliphatic heterocycles. The molecular weight excluding hydrogens is 524 g/mol. The molecule has 1 aromatic heterocycles. The molecule has 10 heteroatoms. The van der Waals surface area contributed by atoms with E-state index in [1.165, 1.54) is 18.2 Å². The van der Waals surface area contributed by atoms with Crippen molar-refractivity contribution < 1.29 is 41.4 Å². The van der Waals surface area contributed by atoms with E-state index < -0.39 is 29.9 Å². The molecule has 38 heavy (non-hydrogen) atoms. The van der Waals surface area contributed by atoms with Crippen LogP contribution < -0.4 is 9.47 Å². The Morgan fingerprint density at radius 3 is 2.21 bits per heavy atom. The number of ether oxygens (including phenoxy) is 3. The van der Waals surface area contributed by atoms with Gasteiger partial charge >= 0.3 is 18.3 Å². The molecule has 0 amide bonds. The Labute approximate surface area is 218 Å². The lowest BCUT2D eigenvalue weighted by molar-refractivity contribution is -0.273. The number of carbonyl (C=O) groups is 2. The number of alkyl halides is 3. The first-order valence-corrected chi connectivity index (χ1v) is 12.1. The summed E-state index contributed by atoms with van der Waals surface area (Å²) in [5, 5.41) is 0.714. The van der Waals surface area contributed by atoms with Gasteiger partial charge in [-0.3, -0.25) is 0 Å². The minimum Gasteiger partial charge on any atom is -0.463 e. The molecule has 0 aliphatic carbocycles. The summed E-state index contributed by atoms with van der Waals surface area (Å²) in [6.45, 7) is 6.80. The van der Waals surface area contributed by atoms with E-state index in [-0.39, 0.29) is 27.3 Å². The van der Waals surface area contributed by atoms with Crippen LogP contribution in [0.3, 0.4) is 0 Å². The van der Waals surface area contributed by atoms with Crippen molar-refractivity contribution in [1.82, 2.24) is 0 Å². The molecule has 1 heterocycles. The summed E-state index contributed by atoms with van der Waals surface area (Å²) in [6.07, 6.45) is -1.90. The fourth-order valence-corrected chi connectivity index (χ4v) is 5.07. The van der Waals surface area contributed by atoms with Gasteiger partial charge in [-0.2, -0.15) is 0 Å². The largest absolute Gasteiger partial charge is 0.573 e. The topological polar surface area (TPSA) is 61.8 Å². The molecule has 4 rings (SSSR count). The average Bonchev–Trinajstić information content (AvgIpc) is 3.28. The lowest BCUT2D eigenvalue weighted by atomic mass is 10.00. The second-order valence-corrected chi connectivity index (χ2v) is 9.04. The molecular formula is C28H20F4O5S. The second-order valence-electron chi connectivity index (χ2n) is 8.02. The molecule has 3 aromatic carbocycles. The molecule has 0 saturated heterocycles. The van der Waals surface area contributed by atoms with Crippen LogP contribution in [-0.4, -0.2) is 24.9 Å². The molecule has 0 spiro atoms. The van der Waals surface area contributed by atoms with Gasteiger partial charge in [0.1, 0.15) is 0 Å². The van der Waals surface area contributed by atoms with Crippen LogP contribution in [0.2, 0.25) is 0 Å². The lowest BCUT2D eigenvalue weighted by Crippen LogP contribution is -2.17. The molecule has 0 bridgehead atoms. The van der Waals surface area contributed by atoms with Gasteiger partial charge in [0, 0.05) is 28.5 Å². The zero-order valence-corrected chi connectivity index (χ0v) is 20.6. The van der Waals surface area contributed by atoms with Crippen molar-refractivity contribution in [3.05, 3.63) is 85.2 Å². The number of fused-ring (bicyclic) bond motifs is 3. The first-order valence-electron chi connectivity index (χ1n) is 11.3. The van der Waals surface area contributed by atoms with Crippen molar-refractivity contribution in [3.8, 4) is 22.6 Å². The fourth-order valence-electron chi connectivity index (χ4n) is 3.86. The summed E-state index contributed by atoms with van der Waals surface area (Å²) in [5.41, 5.74) is 1.53. The third-order valence-corrected chi connectivity index (χ3v) is 6.76. The van der Waals surface area contributed by atoms with Crippen molar-refractivity contribution in [2.24, 2.45) is 0 Å². The number of rotatable bonds is 9. The van der Waals surface area contributed by atoms with E-state index in [2.05, 4.69) is 17.9 Å². The van der Waals surface area contributed by atoms with Gasteiger partial charge in [-0.1, -0.05) is 43.5 Å². The predicted octanol–water partition coefficient (Wildman–Crippen LogP) is 7.51. The Hall–Kier alpha value is -4.18. The minimum atomic E-state index is -4.99. The number of halogens is 4. The molecule has 0 fully saturated rings. The van der Waals surface area contributed by atoms with Crippen LogP contribution >= 0.6 is 11.3 Å². The quantitative estimate of drug-likeness (QED) is 0.0718. The maximum absolute atomic E-state index is 15.1. The van der Waals surface area contributed by atoms with E-state index in [1.54, 1.807) is 30.3 Å². The molecule has 4 aromatic rings. The van der Waals surface area contributed by atoms with Crippen molar-refractivity contribution >= 4 is 43.4 Å². The highest BCUT2D eigenvalue weighted by Crippen LogP contribution is 2.47. The third kappa shape index (κ3) is 5.86. The summed E-state index contributed by atoms with van der Waals surface area (Å²) in [5.74, 6) is -3.06. The van der Waals surface area contributed by atoms with Crippen LogP contribution in [0.4, 0.5) is 17.6 Å². The van der Waals surface area contributed by atoms with Gasteiger partial charge in [-0.05, 0) is 42.2 Å². The smallest absolute Gasteiger partial charge is 0.463 e. The Morgan fingerprint density at radius 2 is 1.55 bits per heavy atom.